The molecule has 1 saturated heterocycles. The molecule has 0 N–H and O–H groups in total. The van der Waals surface area contributed by atoms with Crippen LogP contribution >= 0.6 is 22.7 Å². The number of amides is 1. The number of carbonyl (C=O) groups is 1. The molecule has 2 aromatic heterocycles. The number of thiazole rings is 1. The van der Waals surface area contributed by atoms with E-state index in [4.69, 9.17) is 0 Å². The molecular weight excluding hydrogens is 314 g/mol. The molecule has 0 bridgehead atoms. The first-order valence-electron chi connectivity index (χ1n) is 7.73. The molecule has 6 heteroatoms. The Labute approximate surface area is 139 Å². The van der Waals surface area contributed by atoms with Gasteiger partial charge in [-0.1, -0.05) is 6.07 Å². The normalized spacial score (nSPS) is 16.0. The standard InChI is InChI=1S/C16H21N3OS2/c1-2-18(12-14-4-3-10-21-14)15(20)13-5-8-19(9-6-13)16-17-7-11-22-16/h3-4,7,10-11,13H,2,5-6,8-9,12H2,1H3. The topological polar surface area (TPSA) is 36.4 Å². The second kappa shape index (κ2) is 7.24. The van der Waals surface area contributed by atoms with Gasteiger partial charge in [-0.05, 0) is 31.2 Å². The lowest BCUT2D eigenvalue weighted by Crippen LogP contribution is -2.42. The summed E-state index contributed by atoms with van der Waals surface area (Å²) in [4.78, 5) is 22.7. The van der Waals surface area contributed by atoms with Crippen LogP contribution < -0.4 is 4.90 Å². The van der Waals surface area contributed by atoms with E-state index in [1.165, 1.54) is 4.88 Å². The first-order valence-corrected chi connectivity index (χ1v) is 9.49. The van der Waals surface area contributed by atoms with Gasteiger partial charge in [-0.3, -0.25) is 4.79 Å². The van der Waals surface area contributed by atoms with Crippen LogP contribution in [0.4, 0.5) is 5.13 Å². The Morgan fingerprint density at radius 3 is 2.77 bits per heavy atom. The predicted molar refractivity (Wildman–Crippen MR) is 92.5 cm³/mol. The highest BCUT2D eigenvalue weighted by Gasteiger charge is 2.28. The van der Waals surface area contributed by atoms with Crippen LogP contribution in [0.5, 0.6) is 0 Å². The van der Waals surface area contributed by atoms with Crippen molar-refractivity contribution in [1.82, 2.24) is 9.88 Å². The Balaban J connectivity index is 1.56. The van der Waals surface area contributed by atoms with Crippen molar-refractivity contribution in [3.05, 3.63) is 34.0 Å². The number of aromatic nitrogens is 1. The van der Waals surface area contributed by atoms with Crippen molar-refractivity contribution in [2.75, 3.05) is 24.5 Å². The summed E-state index contributed by atoms with van der Waals surface area (Å²) in [5.74, 6) is 0.478. The second-order valence-corrected chi connectivity index (χ2v) is 7.41. The maximum absolute atomic E-state index is 12.7. The van der Waals surface area contributed by atoms with Gasteiger partial charge in [-0.2, -0.15) is 0 Å². The molecule has 0 spiro atoms. The van der Waals surface area contributed by atoms with Gasteiger partial charge in [0.1, 0.15) is 0 Å². The van der Waals surface area contributed by atoms with Crippen molar-refractivity contribution < 1.29 is 4.79 Å². The highest BCUT2D eigenvalue weighted by Crippen LogP contribution is 2.26. The van der Waals surface area contributed by atoms with Crippen LogP contribution in [0.25, 0.3) is 0 Å². The van der Waals surface area contributed by atoms with Gasteiger partial charge in [0.25, 0.3) is 0 Å². The van der Waals surface area contributed by atoms with Crippen LogP contribution in [0.3, 0.4) is 0 Å². The van der Waals surface area contributed by atoms with E-state index in [0.29, 0.717) is 5.91 Å². The van der Waals surface area contributed by atoms with Crippen LogP contribution in [0.1, 0.15) is 24.6 Å². The Bertz CT molecular complexity index is 575. The molecule has 1 fully saturated rings. The number of anilines is 1. The molecule has 0 unspecified atom stereocenters. The van der Waals surface area contributed by atoms with Crippen LogP contribution in [0, 0.1) is 5.92 Å². The molecule has 0 atom stereocenters. The summed E-state index contributed by atoms with van der Waals surface area (Å²) in [6.07, 6.45) is 3.70. The Kier molecular flexibility index (Phi) is 5.10. The lowest BCUT2D eigenvalue weighted by atomic mass is 9.95. The lowest BCUT2D eigenvalue weighted by molar-refractivity contribution is -0.136. The first-order chi connectivity index (χ1) is 10.8. The number of hydrogen-bond acceptors (Lipinski definition) is 5. The fourth-order valence-electron chi connectivity index (χ4n) is 2.88. The molecule has 0 saturated carbocycles. The maximum Gasteiger partial charge on any atom is 0.226 e. The van der Waals surface area contributed by atoms with Gasteiger partial charge in [0.05, 0.1) is 6.54 Å². The summed E-state index contributed by atoms with van der Waals surface area (Å²) >= 11 is 3.39. The monoisotopic (exact) mass is 335 g/mol. The molecule has 1 aliphatic rings. The smallest absolute Gasteiger partial charge is 0.226 e. The largest absolute Gasteiger partial charge is 0.348 e. The summed E-state index contributed by atoms with van der Waals surface area (Å²) in [6.45, 7) is 5.46. The van der Waals surface area contributed by atoms with Gasteiger partial charge < -0.3 is 9.80 Å². The van der Waals surface area contributed by atoms with Gasteiger partial charge in [-0.25, -0.2) is 4.98 Å². The highest BCUT2D eigenvalue weighted by atomic mass is 32.1. The molecular formula is C16H21N3OS2. The van der Waals surface area contributed by atoms with Gasteiger partial charge in [0.2, 0.25) is 5.91 Å². The Morgan fingerprint density at radius 2 is 2.18 bits per heavy atom. The minimum Gasteiger partial charge on any atom is -0.348 e. The summed E-state index contributed by atoms with van der Waals surface area (Å²) in [6, 6.07) is 4.15. The number of thiophene rings is 1. The van der Waals surface area contributed by atoms with E-state index in [1.807, 2.05) is 22.5 Å². The van der Waals surface area contributed by atoms with Crippen molar-refractivity contribution in [2.24, 2.45) is 5.92 Å². The molecule has 0 aliphatic carbocycles. The molecule has 3 heterocycles. The zero-order valence-electron chi connectivity index (χ0n) is 12.8. The molecule has 1 amide bonds. The summed E-state index contributed by atoms with van der Waals surface area (Å²) < 4.78 is 0. The van der Waals surface area contributed by atoms with Crippen molar-refractivity contribution in [2.45, 2.75) is 26.3 Å². The Morgan fingerprint density at radius 1 is 1.36 bits per heavy atom. The number of hydrogen-bond donors (Lipinski definition) is 0. The number of nitrogens with zero attached hydrogens (tertiary/aromatic N) is 3. The molecule has 4 nitrogen and oxygen atoms in total. The minimum atomic E-state index is 0.163. The number of rotatable bonds is 5. The summed E-state index contributed by atoms with van der Waals surface area (Å²) in [5, 5.41) is 5.16. The first kappa shape index (κ1) is 15.5. The second-order valence-electron chi connectivity index (χ2n) is 5.51. The minimum absolute atomic E-state index is 0.163. The third kappa shape index (κ3) is 3.50. The van der Waals surface area contributed by atoms with Gasteiger partial charge in [0.15, 0.2) is 5.13 Å². The molecule has 1 aliphatic heterocycles. The molecule has 2 aromatic rings. The predicted octanol–water partition coefficient (Wildman–Crippen LogP) is 3.47. The van der Waals surface area contributed by atoms with E-state index >= 15 is 0 Å². The van der Waals surface area contributed by atoms with E-state index in [0.717, 1.165) is 44.2 Å². The Hall–Kier alpha value is -1.40. The van der Waals surface area contributed by atoms with E-state index in [-0.39, 0.29) is 5.92 Å². The summed E-state index contributed by atoms with van der Waals surface area (Å²) in [5.41, 5.74) is 0. The van der Waals surface area contributed by atoms with Crippen LogP contribution in [0.2, 0.25) is 0 Å². The van der Waals surface area contributed by atoms with Crippen LogP contribution in [-0.2, 0) is 11.3 Å². The maximum atomic E-state index is 12.7. The number of piperidine rings is 1. The molecule has 0 aromatic carbocycles. The van der Waals surface area contributed by atoms with Gasteiger partial charge >= 0.3 is 0 Å². The lowest BCUT2D eigenvalue weighted by Gasteiger charge is -2.33. The van der Waals surface area contributed by atoms with E-state index in [9.17, 15) is 4.79 Å². The SMILES string of the molecule is CCN(Cc1cccs1)C(=O)C1CCN(c2nccs2)CC1. The zero-order valence-corrected chi connectivity index (χ0v) is 14.4. The van der Waals surface area contributed by atoms with E-state index in [2.05, 4.69) is 28.3 Å². The zero-order chi connectivity index (χ0) is 15.4. The van der Waals surface area contributed by atoms with E-state index < -0.39 is 0 Å². The average molecular weight is 335 g/mol. The number of carbonyl (C=O) groups excluding carboxylic acids is 1. The fraction of sp³-hybridized carbons (Fsp3) is 0.500. The summed E-state index contributed by atoms with van der Waals surface area (Å²) in [7, 11) is 0. The van der Waals surface area contributed by atoms with Gasteiger partial charge in [-0.15, -0.1) is 22.7 Å². The molecule has 118 valence electrons. The molecule has 3 rings (SSSR count). The van der Waals surface area contributed by atoms with Gasteiger partial charge in [0, 0.05) is 42.0 Å². The van der Waals surface area contributed by atoms with Crippen molar-refractivity contribution in [3.63, 3.8) is 0 Å². The molecule has 22 heavy (non-hydrogen) atoms. The van der Waals surface area contributed by atoms with Crippen molar-refractivity contribution in [1.29, 1.82) is 0 Å². The fourth-order valence-corrected chi connectivity index (χ4v) is 4.30. The van der Waals surface area contributed by atoms with E-state index in [1.54, 1.807) is 22.7 Å². The molecule has 0 radical (unpaired) electrons. The third-order valence-electron chi connectivity index (χ3n) is 4.15. The van der Waals surface area contributed by atoms with Crippen LogP contribution in [0.15, 0.2) is 29.1 Å². The average Bonchev–Trinajstić information content (AvgIpc) is 3.25. The van der Waals surface area contributed by atoms with Crippen molar-refractivity contribution in [3.8, 4) is 0 Å². The van der Waals surface area contributed by atoms with Crippen LogP contribution in [-0.4, -0.2) is 35.4 Å². The highest BCUT2D eigenvalue weighted by molar-refractivity contribution is 7.13. The quantitative estimate of drug-likeness (QED) is 0.839. The third-order valence-corrected chi connectivity index (χ3v) is 5.85. The van der Waals surface area contributed by atoms with Crippen molar-refractivity contribution >= 4 is 33.7 Å².